The van der Waals surface area contributed by atoms with Crippen LogP contribution in [0.1, 0.15) is 78.6 Å². The molecule has 2 fully saturated rings. The Kier molecular flexibility index (Phi) is 4.94. The number of ether oxygens (including phenoxy) is 1. The van der Waals surface area contributed by atoms with Gasteiger partial charge in [-0.05, 0) is 49.9 Å². The molecule has 0 bridgehead atoms. The van der Waals surface area contributed by atoms with Crippen LogP contribution in [0.15, 0.2) is 0 Å². The Morgan fingerprint density at radius 2 is 1.79 bits per heavy atom. The standard InChI is InChI=1S/C17H33NO/c1-4-14-6-5-7-15(12-14)19-17(13-18)10-8-16(2,3)9-11-17/h14-15H,4-13,18H2,1-3H3. The number of hydrogen-bond donors (Lipinski definition) is 1. The summed E-state index contributed by atoms with van der Waals surface area (Å²) in [5.41, 5.74) is 6.57. The third-order valence-electron chi connectivity index (χ3n) is 5.62. The van der Waals surface area contributed by atoms with Crippen molar-refractivity contribution >= 4 is 0 Å². The van der Waals surface area contributed by atoms with Gasteiger partial charge in [-0.25, -0.2) is 0 Å². The van der Waals surface area contributed by atoms with E-state index >= 15 is 0 Å². The van der Waals surface area contributed by atoms with Gasteiger partial charge in [0.05, 0.1) is 11.7 Å². The summed E-state index contributed by atoms with van der Waals surface area (Å²) in [4.78, 5) is 0. The molecule has 0 aromatic heterocycles. The second-order valence-electron chi connectivity index (χ2n) is 7.73. The molecule has 2 unspecified atom stereocenters. The molecular formula is C17H33NO. The molecule has 0 saturated heterocycles. The van der Waals surface area contributed by atoms with Crippen LogP contribution in [0.25, 0.3) is 0 Å². The average molecular weight is 267 g/mol. The van der Waals surface area contributed by atoms with Crippen molar-refractivity contribution in [3.63, 3.8) is 0 Å². The van der Waals surface area contributed by atoms with Crippen molar-refractivity contribution in [1.29, 1.82) is 0 Å². The van der Waals surface area contributed by atoms with Gasteiger partial charge < -0.3 is 10.5 Å². The van der Waals surface area contributed by atoms with Crippen molar-refractivity contribution in [3.05, 3.63) is 0 Å². The Bertz CT molecular complexity index is 277. The Balaban J connectivity index is 1.92. The van der Waals surface area contributed by atoms with E-state index in [1.54, 1.807) is 0 Å². The molecular weight excluding hydrogens is 234 g/mol. The smallest absolute Gasteiger partial charge is 0.0808 e. The normalized spacial score (nSPS) is 34.1. The van der Waals surface area contributed by atoms with E-state index in [2.05, 4.69) is 20.8 Å². The molecule has 19 heavy (non-hydrogen) atoms. The van der Waals surface area contributed by atoms with Gasteiger partial charge in [0.15, 0.2) is 0 Å². The van der Waals surface area contributed by atoms with Crippen LogP contribution in [-0.4, -0.2) is 18.2 Å². The fourth-order valence-corrected chi connectivity index (χ4v) is 3.83. The summed E-state index contributed by atoms with van der Waals surface area (Å²) in [7, 11) is 0. The maximum absolute atomic E-state index is 6.57. The lowest BCUT2D eigenvalue weighted by molar-refractivity contribution is -0.135. The van der Waals surface area contributed by atoms with Crippen LogP contribution >= 0.6 is 0 Å². The van der Waals surface area contributed by atoms with Gasteiger partial charge in [-0.1, -0.05) is 40.0 Å². The van der Waals surface area contributed by atoms with Gasteiger partial charge in [0.2, 0.25) is 0 Å². The minimum atomic E-state index is -0.00415. The third kappa shape index (κ3) is 3.95. The second kappa shape index (κ2) is 6.13. The first kappa shape index (κ1) is 15.3. The third-order valence-corrected chi connectivity index (χ3v) is 5.62. The van der Waals surface area contributed by atoms with Crippen LogP contribution in [-0.2, 0) is 4.74 Å². The van der Waals surface area contributed by atoms with Gasteiger partial charge in [0, 0.05) is 6.54 Å². The number of nitrogens with two attached hydrogens (primary N) is 1. The summed E-state index contributed by atoms with van der Waals surface area (Å²) in [6.07, 6.45) is 11.9. The number of hydrogen-bond acceptors (Lipinski definition) is 2. The molecule has 0 radical (unpaired) electrons. The zero-order valence-corrected chi connectivity index (χ0v) is 13.2. The fourth-order valence-electron chi connectivity index (χ4n) is 3.83. The van der Waals surface area contributed by atoms with E-state index in [0.717, 1.165) is 18.8 Å². The van der Waals surface area contributed by atoms with E-state index in [4.69, 9.17) is 10.5 Å². The highest BCUT2D eigenvalue weighted by atomic mass is 16.5. The van der Waals surface area contributed by atoms with Crippen molar-refractivity contribution < 1.29 is 4.74 Å². The van der Waals surface area contributed by atoms with Gasteiger partial charge in [0.25, 0.3) is 0 Å². The van der Waals surface area contributed by atoms with Crippen LogP contribution in [0, 0.1) is 11.3 Å². The molecule has 2 aliphatic rings. The van der Waals surface area contributed by atoms with Gasteiger partial charge in [-0.3, -0.25) is 0 Å². The second-order valence-corrected chi connectivity index (χ2v) is 7.73. The quantitative estimate of drug-likeness (QED) is 0.825. The summed E-state index contributed by atoms with van der Waals surface area (Å²) >= 11 is 0. The van der Waals surface area contributed by atoms with E-state index in [1.807, 2.05) is 0 Å². The van der Waals surface area contributed by atoms with Crippen LogP contribution in [0.4, 0.5) is 0 Å². The van der Waals surface area contributed by atoms with Crippen molar-refractivity contribution in [1.82, 2.24) is 0 Å². The Morgan fingerprint density at radius 3 is 2.37 bits per heavy atom. The lowest BCUT2D eigenvalue weighted by Crippen LogP contribution is -2.48. The van der Waals surface area contributed by atoms with Crippen molar-refractivity contribution in [3.8, 4) is 0 Å². The van der Waals surface area contributed by atoms with Crippen molar-refractivity contribution in [2.75, 3.05) is 6.54 Å². The maximum Gasteiger partial charge on any atom is 0.0808 e. The van der Waals surface area contributed by atoms with Crippen LogP contribution in [0.3, 0.4) is 0 Å². The molecule has 2 heteroatoms. The van der Waals surface area contributed by atoms with E-state index < -0.39 is 0 Å². The summed E-state index contributed by atoms with van der Waals surface area (Å²) in [6, 6.07) is 0. The summed E-state index contributed by atoms with van der Waals surface area (Å²) in [6.45, 7) is 7.77. The highest BCUT2D eigenvalue weighted by Gasteiger charge is 2.40. The first-order valence-corrected chi connectivity index (χ1v) is 8.36. The molecule has 2 aliphatic carbocycles. The summed E-state index contributed by atoms with van der Waals surface area (Å²) < 4.78 is 6.57. The Hall–Kier alpha value is -0.0800. The maximum atomic E-state index is 6.57. The highest BCUT2D eigenvalue weighted by molar-refractivity contribution is 4.92. The van der Waals surface area contributed by atoms with Gasteiger partial charge in [-0.15, -0.1) is 0 Å². The zero-order chi connectivity index (χ0) is 13.9. The van der Waals surface area contributed by atoms with E-state index in [1.165, 1.54) is 44.9 Å². The number of rotatable bonds is 4. The summed E-state index contributed by atoms with van der Waals surface area (Å²) in [5, 5.41) is 0. The molecule has 0 aromatic carbocycles. The molecule has 0 aliphatic heterocycles. The zero-order valence-electron chi connectivity index (χ0n) is 13.2. The Morgan fingerprint density at radius 1 is 1.11 bits per heavy atom. The van der Waals surface area contributed by atoms with Gasteiger partial charge >= 0.3 is 0 Å². The first-order valence-electron chi connectivity index (χ1n) is 8.36. The first-order chi connectivity index (χ1) is 8.99. The van der Waals surface area contributed by atoms with Crippen LogP contribution in [0.5, 0.6) is 0 Å². The highest BCUT2D eigenvalue weighted by Crippen LogP contribution is 2.43. The van der Waals surface area contributed by atoms with Crippen LogP contribution in [0.2, 0.25) is 0 Å². The largest absolute Gasteiger partial charge is 0.370 e. The minimum absolute atomic E-state index is 0.00415. The predicted molar refractivity (Wildman–Crippen MR) is 81.2 cm³/mol. The van der Waals surface area contributed by atoms with E-state index in [0.29, 0.717) is 18.1 Å². The topological polar surface area (TPSA) is 35.2 Å². The van der Waals surface area contributed by atoms with Gasteiger partial charge in [0.1, 0.15) is 0 Å². The van der Waals surface area contributed by atoms with E-state index in [9.17, 15) is 0 Å². The fraction of sp³-hybridized carbons (Fsp3) is 1.00. The van der Waals surface area contributed by atoms with Crippen molar-refractivity contribution in [2.24, 2.45) is 17.1 Å². The monoisotopic (exact) mass is 267 g/mol. The molecule has 2 atom stereocenters. The summed E-state index contributed by atoms with van der Waals surface area (Å²) in [5.74, 6) is 0.883. The minimum Gasteiger partial charge on any atom is -0.370 e. The average Bonchev–Trinajstić information content (AvgIpc) is 2.42. The molecule has 2 rings (SSSR count). The Labute approximate surface area is 119 Å². The molecule has 0 heterocycles. The molecule has 112 valence electrons. The van der Waals surface area contributed by atoms with Crippen LogP contribution < -0.4 is 5.73 Å². The predicted octanol–water partition coefficient (Wildman–Crippen LogP) is 4.27. The molecule has 0 spiro atoms. The molecule has 0 amide bonds. The molecule has 0 aromatic rings. The lowest BCUT2D eigenvalue weighted by atomic mass is 9.70. The van der Waals surface area contributed by atoms with Crippen molar-refractivity contribution in [2.45, 2.75) is 90.3 Å². The SMILES string of the molecule is CCC1CCCC(OC2(CN)CCC(C)(C)CC2)C1. The molecule has 2 N–H and O–H groups in total. The molecule has 2 saturated carbocycles. The van der Waals surface area contributed by atoms with E-state index in [-0.39, 0.29) is 5.60 Å². The molecule has 2 nitrogen and oxygen atoms in total. The van der Waals surface area contributed by atoms with Gasteiger partial charge in [-0.2, -0.15) is 0 Å². The lowest BCUT2D eigenvalue weighted by Gasteiger charge is -2.45.